The van der Waals surface area contributed by atoms with Gasteiger partial charge in [-0.2, -0.15) is 0 Å². The van der Waals surface area contributed by atoms with Gasteiger partial charge in [0, 0.05) is 10.4 Å². The predicted molar refractivity (Wildman–Crippen MR) is 138 cm³/mol. The highest BCUT2D eigenvalue weighted by Crippen LogP contribution is 2.27. The number of carbonyl (C=O) groups excluding carboxylic acids is 3. The minimum Gasteiger partial charge on any atom is -0.349 e. The zero-order valence-corrected chi connectivity index (χ0v) is 21.6. The van der Waals surface area contributed by atoms with Gasteiger partial charge in [-0.15, -0.1) is 22.7 Å². The van der Waals surface area contributed by atoms with E-state index in [0.717, 1.165) is 22.4 Å². The summed E-state index contributed by atoms with van der Waals surface area (Å²) in [5.41, 5.74) is 1.37. The molecule has 3 rings (SSSR count). The van der Waals surface area contributed by atoms with Gasteiger partial charge in [0.25, 0.3) is 5.91 Å². The molecule has 180 valence electrons. The van der Waals surface area contributed by atoms with Crippen LogP contribution in [0, 0.1) is 6.92 Å². The van der Waals surface area contributed by atoms with E-state index in [0.29, 0.717) is 4.88 Å². The zero-order valence-electron chi connectivity index (χ0n) is 20.0. The van der Waals surface area contributed by atoms with E-state index in [2.05, 4.69) is 10.6 Å². The van der Waals surface area contributed by atoms with Crippen molar-refractivity contribution in [2.75, 3.05) is 6.54 Å². The molecule has 0 aliphatic heterocycles. The molecule has 8 heteroatoms. The largest absolute Gasteiger partial charge is 0.349 e. The SMILES string of the molecule is CCC(C)(C)NC(=O)C(c1ccc(C)cc1)N(Cc1cccs1)C(=O)CNC(=O)c1cccs1. The van der Waals surface area contributed by atoms with Crippen LogP contribution in [-0.2, 0) is 16.1 Å². The Labute approximate surface area is 209 Å². The van der Waals surface area contributed by atoms with Crippen LogP contribution < -0.4 is 10.6 Å². The molecule has 0 bridgehead atoms. The van der Waals surface area contributed by atoms with Crippen molar-refractivity contribution in [3.05, 3.63) is 80.2 Å². The molecule has 0 saturated heterocycles. The van der Waals surface area contributed by atoms with Gasteiger partial charge in [0.05, 0.1) is 18.0 Å². The van der Waals surface area contributed by atoms with Crippen molar-refractivity contribution in [2.24, 2.45) is 0 Å². The first-order valence-electron chi connectivity index (χ1n) is 11.2. The van der Waals surface area contributed by atoms with E-state index in [4.69, 9.17) is 0 Å². The highest BCUT2D eigenvalue weighted by molar-refractivity contribution is 7.12. The lowest BCUT2D eigenvalue weighted by atomic mass is 9.98. The number of aryl methyl sites for hydroxylation is 1. The van der Waals surface area contributed by atoms with E-state index < -0.39 is 11.6 Å². The van der Waals surface area contributed by atoms with E-state index in [1.165, 1.54) is 22.7 Å². The normalized spacial score (nSPS) is 12.1. The van der Waals surface area contributed by atoms with E-state index in [-0.39, 0.29) is 30.8 Å². The van der Waals surface area contributed by atoms with Crippen LogP contribution in [0.3, 0.4) is 0 Å². The first-order valence-corrected chi connectivity index (χ1v) is 13.0. The van der Waals surface area contributed by atoms with Crippen LogP contribution in [0.25, 0.3) is 0 Å². The molecular weight excluding hydrogens is 466 g/mol. The predicted octanol–water partition coefficient (Wildman–Crippen LogP) is 4.92. The van der Waals surface area contributed by atoms with Crippen molar-refractivity contribution in [3.8, 4) is 0 Å². The molecule has 0 radical (unpaired) electrons. The third-order valence-electron chi connectivity index (χ3n) is 5.67. The zero-order chi connectivity index (χ0) is 24.7. The molecule has 3 aromatic rings. The second-order valence-corrected chi connectivity index (χ2v) is 10.8. The lowest BCUT2D eigenvalue weighted by Crippen LogP contribution is -2.51. The maximum Gasteiger partial charge on any atom is 0.261 e. The number of amides is 3. The lowest BCUT2D eigenvalue weighted by molar-refractivity contribution is -0.141. The number of carbonyl (C=O) groups is 3. The fourth-order valence-electron chi connectivity index (χ4n) is 3.36. The van der Waals surface area contributed by atoms with Crippen molar-refractivity contribution in [1.29, 1.82) is 0 Å². The Morgan fingerprint density at radius 2 is 1.68 bits per heavy atom. The summed E-state index contributed by atoms with van der Waals surface area (Å²) >= 11 is 2.84. The number of hydrogen-bond donors (Lipinski definition) is 2. The Morgan fingerprint density at radius 1 is 1.00 bits per heavy atom. The van der Waals surface area contributed by atoms with Crippen LogP contribution in [0.2, 0.25) is 0 Å². The summed E-state index contributed by atoms with van der Waals surface area (Å²) in [4.78, 5) is 42.6. The summed E-state index contributed by atoms with van der Waals surface area (Å²) in [6.45, 7) is 7.98. The molecular formula is C26H31N3O3S2. The highest BCUT2D eigenvalue weighted by atomic mass is 32.1. The fraction of sp³-hybridized carbons (Fsp3) is 0.346. The summed E-state index contributed by atoms with van der Waals surface area (Å²) in [6.07, 6.45) is 0.745. The fourth-order valence-corrected chi connectivity index (χ4v) is 4.70. The molecule has 1 unspecified atom stereocenters. The second kappa shape index (κ2) is 11.4. The van der Waals surface area contributed by atoms with Crippen LogP contribution in [0.5, 0.6) is 0 Å². The van der Waals surface area contributed by atoms with Gasteiger partial charge >= 0.3 is 0 Å². The van der Waals surface area contributed by atoms with E-state index >= 15 is 0 Å². The van der Waals surface area contributed by atoms with Crippen molar-refractivity contribution < 1.29 is 14.4 Å². The molecule has 6 nitrogen and oxygen atoms in total. The maximum absolute atomic E-state index is 13.6. The maximum atomic E-state index is 13.6. The van der Waals surface area contributed by atoms with Crippen LogP contribution in [-0.4, -0.2) is 34.7 Å². The van der Waals surface area contributed by atoms with Crippen LogP contribution >= 0.6 is 22.7 Å². The first kappa shape index (κ1) is 25.6. The van der Waals surface area contributed by atoms with Crippen LogP contribution in [0.15, 0.2) is 59.3 Å². The second-order valence-electron chi connectivity index (χ2n) is 8.80. The third-order valence-corrected chi connectivity index (χ3v) is 7.40. The molecule has 1 atom stereocenters. The average Bonchev–Trinajstić information content (AvgIpc) is 3.52. The molecule has 0 fully saturated rings. The van der Waals surface area contributed by atoms with E-state index in [1.807, 2.05) is 74.9 Å². The Kier molecular flexibility index (Phi) is 8.63. The van der Waals surface area contributed by atoms with Gasteiger partial charge in [-0.1, -0.05) is 48.9 Å². The first-order chi connectivity index (χ1) is 16.2. The number of thiophene rings is 2. The van der Waals surface area contributed by atoms with E-state index in [1.54, 1.807) is 17.0 Å². The van der Waals surface area contributed by atoms with Crippen molar-refractivity contribution in [2.45, 2.75) is 52.2 Å². The monoisotopic (exact) mass is 497 g/mol. The molecule has 2 N–H and O–H groups in total. The summed E-state index contributed by atoms with van der Waals surface area (Å²) in [5.74, 6) is -0.874. The van der Waals surface area contributed by atoms with Crippen molar-refractivity contribution in [1.82, 2.24) is 15.5 Å². The Bertz CT molecular complexity index is 1090. The Balaban J connectivity index is 1.93. The summed E-state index contributed by atoms with van der Waals surface area (Å²) in [5, 5.41) is 9.57. The van der Waals surface area contributed by atoms with E-state index in [9.17, 15) is 14.4 Å². The molecule has 2 aromatic heterocycles. The molecule has 34 heavy (non-hydrogen) atoms. The number of benzene rings is 1. The third kappa shape index (κ3) is 6.77. The van der Waals surface area contributed by atoms with Crippen LogP contribution in [0.4, 0.5) is 0 Å². The molecule has 2 heterocycles. The lowest BCUT2D eigenvalue weighted by Gasteiger charge is -2.34. The molecule has 1 aromatic carbocycles. The van der Waals surface area contributed by atoms with Gasteiger partial charge in [-0.25, -0.2) is 0 Å². The Hall–Kier alpha value is -2.97. The molecule has 0 spiro atoms. The topological polar surface area (TPSA) is 78.5 Å². The van der Waals surface area contributed by atoms with Crippen molar-refractivity contribution in [3.63, 3.8) is 0 Å². The van der Waals surface area contributed by atoms with Gasteiger partial charge in [0.15, 0.2) is 0 Å². The molecule has 0 aliphatic carbocycles. The van der Waals surface area contributed by atoms with Gasteiger partial charge in [0.1, 0.15) is 6.04 Å². The summed E-state index contributed by atoms with van der Waals surface area (Å²) in [7, 11) is 0. The standard InChI is InChI=1S/C26H31N3O3S2/c1-5-26(3,4)28-25(32)23(19-12-10-18(2)11-13-19)29(17-20-8-6-14-33-20)22(30)16-27-24(31)21-9-7-15-34-21/h6-15,23H,5,16-17H2,1-4H3,(H,27,31)(H,28,32). The minimum atomic E-state index is -0.834. The summed E-state index contributed by atoms with van der Waals surface area (Å²) < 4.78 is 0. The Morgan fingerprint density at radius 3 is 2.26 bits per heavy atom. The quantitative estimate of drug-likeness (QED) is 0.417. The van der Waals surface area contributed by atoms with Gasteiger partial charge in [-0.3, -0.25) is 14.4 Å². The van der Waals surface area contributed by atoms with Crippen molar-refractivity contribution >= 4 is 40.4 Å². The minimum absolute atomic E-state index is 0.199. The molecule has 0 saturated carbocycles. The molecule has 0 aliphatic rings. The van der Waals surface area contributed by atoms with Crippen LogP contribution in [0.1, 0.15) is 58.9 Å². The number of nitrogens with one attached hydrogen (secondary N) is 2. The summed E-state index contributed by atoms with van der Waals surface area (Å²) in [6, 6.07) is 14.2. The number of hydrogen-bond acceptors (Lipinski definition) is 5. The average molecular weight is 498 g/mol. The molecule has 3 amide bonds. The highest BCUT2D eigenvalue weighted by Gasteiger charge is 2.34. The van der Waals surface area contributed by atoms with Gasteiger partial charge in [0.2, 0.25) is 11.8 Å². The van der Waals surface area contributed by atoms with Gasteiger partial charge < -0.3 is 15.5 Å². The number of nitrogens with zero attached hydrogens (tertiary/aromatic N) is 1. The van der Waals surface area contributed by atoms with Gasteiger partial charge in [-0.05, 0) is 55.6 Å². The number of rotatable bonds is 10. The smallest absolute Gasteiger partial charge is 0.261 e.